The van der Waals surface area contributed by atoms with E-state index in [1.165, 1.54) is 0 Å². The van der Waals surface area contributed by atoms with Gasteiger partial charge in [0.2, 0.25) is 5.91 Å². The molecule has 64 valence electrons. The van der Waals surface area contributed by atoms with Gasteiger partial charge in [-0.25, -0.2) is 4.79 Å². The molecule has 0 radical (unpaired) electrons. The molecule has 0 atom stereocenters. The van der Waals surface area contributed by atoms with Crippen molar-refractivity contribution in [3.8, 4) is 6.07 Å². The maximum Gasteiger partial charge on any atom is 0.329 e. The highest BCUT2D eigenvalue weighted by Gasteiger charge is 2.51. The van der Waals surface area contributed by atoms with E-state index < -0.39 is 17.4 Å². The molecule has 0 spiro atoms. The molecule has 0 aromatic carbocycles. The predicted molar refractivity (Wildman–Crippen MR) is 38.0 cm³/mol. The highest BCUT2D eigenvalue weighted by molar-refractivity contribution is 5.90. The Bertz CT molecular complexity index is 262. The van der Waals surface area contributed by atoms with Crippen LogP contribution >= 0.6 is 0 Å². The van der Waals surface area contributed by atoms with Crippen LogP contribution in [0.1, 0.15) is 19.3 Å². The molecule has 2 N–H and O–H groups in total. The summed E-state index contributed by atoms with van der Waals surface area (Å²) in [5.74, 6) is -1.54. The van der Waals surface area contributed by atoms with Crippen molar-refractivity contribution in [2.45, 2.75) is 24.8 Å². The average Bonchev–Trinajstić information content (AvgIpc) is 2.69. The molecule has 0 aliphatic heterocycles. The zero-order valence-corrected chi connectivity index (χ0v) is 6.33. The molecule has 1 fully saturated rings. The molecular formula is C7H8N2O3. The molecule has 5 nitrogen and oxygen atoms in total. The highest BCUT2D eigenvalue weighted by Crippen LogP contribution is 2.35. The lowest BCUT2D eigenvalue weighted by Crippen LogP contribution is -2.42. The summed E-state index contributed by atoms with van der Waals surface area (Å²) in [5.41, 5.74) is -1.06. The minimum atomic E-state index is -1.06. The monoisotopic (exact) mass is 168 g/mol. The van der Waals surface area contributed by atoms with E-state index in [1.807, 2.05) is 0 Å². The van der Waals surface area contributed by atoms with E-state index in [-0.39, 0.29) is 6.42 Å². The van der Waals surface area contributed by atoms with Crippen LogP contribution in [0.3, 0.4) is 0 Å². The Morgan fingerprint density at radius 3 is 2.50 bits per heavy atom. The number of hydrogen-bond acceptors (Lipinski definition) is 3. The van der Waals surface area contributed by atoms with Crippen LogP contribution < -0.4 is 5.32 Å². The summed E-state index contributed by atoms with van der Waals surface area (Å²) in [6.45, 7) is 0. The molecule has 0 heterocycles. The fourth-order valence-corrected chi connectivity index (χ4v) is 0.900. The Hall–Kier alpha value is -1.57. The zero-order chi connectivity index (χ0) is 9.19. The van der Waals surface area contributed by atoms with Crippen LogP contribution in [0.25, 0.3) is 0 Å². The van der Waals surface area contributed by atoms with Crippen LogP contribution in [0, 0.1) is 11.3 Å². The van der Waals surface area contributed by atoms with Crippen LogP contribution in [-0.4, -0.2) is 22.5 Å². The topological polar surface area (TPSA) is 90.2 Å². The van der Waals surface area contributed by atoms with Crippen LogP contribution in [-0.2, 0) is 9.59 Å². The van der Waals surface area contributed by atoms with Gasteiger partial charge in [0, 0.05) is 0 Å². The first kappa shape index (κ1) is 8.53. The van der Waals surface area contributed by atoms with Gasteiger partial charge in [0.15, 0.2) is 0 Å². The van der Waals surface area contributed by atoms with E-state index >= 15 is 0 Å². The predicted octanol–water partition coefficient (Wildman–Crippen LogP) is -0.367. The number of nitrogens with one attached hydrogen (secondary N) is 1. The van der Waals surface area contributed by atoms with Crippen LogP contribution in [0.5, 0.6) is 0 Å². The van der Waals surface area contributed by atoms with Crippen molar-refractivity contribution >= 4 is 11.9 Å². The number of amides is 1. The van der Waals surface area contributed by atoms with E-state index in [9.17, 15) is 9.59 Å². The minimum Gasteiger partial charge on any atom is -0.480 e. The molecule has 0 unspecified atom stereocenters. The second-order valence-electron chi connectivity index (χ2n) is 2.77. The fraction of sp³-hybridized carbons (Fsp3) is 0.571. The van der Waals surface area contributed by atoms with Gasteiger partial charge < -0.3 is 10.4 Å². The van der Waals surface area contributed by atoms with Crippen molar-refractivity contribution in [2.75, 3.05) is 0 Å². The van der Waals surface area contributed by atoms with Crippen molar-refractivity contribution in [1.82, 2.24) is 5.32 Å². The molecule has 1 aliphatic carbocycles. The third-order valence-corrected chi connectivity index (χ3v) is 1.78. The first-order valence-corrected chi connectivity index (χ1v) is 3.52. The Labute approximate surface area is 69.0 Å². The summed E-state index contributed by atoms with van der Waals surface area (Å²) < 4.78 is 0. The number of carboxylic acid groups (broad SMARTS) is 1. The normalized spacial score (nSPS) is 17.6. The quantitative estimate of drug-likeness (QED) is 0.601. The molecule has 1 aliphatic rings. The molecular weight excluding hydrogens is 160 g/mol. The molecule has 12 heavy (non-hydrogen) atoms. The van der Waals surface area contributed by atoms with Crippen LogP contribution in [0.2, 0.25) is 0 Å². The summed E-state index contributed by atoms with van der Waals surface area (Å²) in [6.07, 6.45) is 0.633. The fourth-order valence-electron chi connectivity index (χ4n) is 0.900. The Morgan fingerprint density at radius 2 is 2.17 bits per heavy atom. The van der Waals surface area contributed by atoms with Crippen molar-refractivity contribution < 1.29 is 14.7 Å². The van der Waals surface area contributed by atoms with Gasteiger partial charge in [0.05, 0.1) is 6.07 Å². The number of carbonyl (C=O) groups excluding carboxylic acids is 1. The number of nitrogens with zero attached hydrogens (tertiary/aromatic N) is 1. The second kappa shape index (κ2) is 2.81. The van der Waals surface area contributed by atoms with Gasteiger partial charge in [-0.15, -0.1) is 0 Å². The number of hydrogen-bond donors (Lipinski definition) is 2. The number of carboxylic acids is 1. The number of aliphatic carboxylic acids is 1. The number of nitriles is 1. The smallest absolute Gasteiger partial charge is 0.329 e. The SMILES string of the molecule is N#CCC(=O)NC1(C(=O)O)CC1. The average molecular weight is 168 g/mol. The number of carbonyl (C=O) groups is 2. The Morgan fingerprint density at radius 1 is 1.58 bits per heavy atom. The molecule has 0 aromatic heterocycles. The molecule has 0 aromatic rings. The summed E-state index contributed by atoms with van der Waals surface area (Å²) in [7, 11) is 0. The maximum atomic E-state index is 10.8. The van der Waals surface area contributed by atoms with Crippen LogP contribution in [0.15, 0.2) is 0 Å². The largest absolute Gasteiger partial charge is 0.480 e. The Kier molecular flexibility index (Phi) is 2.00. The lowest BCUT2D eigenvalue weighted by atomic mass is 10.2. The summed E-state index contributed by atoms with van der Waals surface area (Å²) >= 11 is 0. The van der Waals surface area contributed by atoms with Gasteiger partial charge in [-0.05, 0) is 12.8 Å². The van der Waals surface area contributed by atoms with E-state index in [1.54, 1.807) is 6.07 Å². The standard InChI is InChI=1S/C7H8N2O3/c8-4-1-5(10)9-7(2-3-7)6(11)12/h1-3H2,(H,9,10)(H,11,12). The van der Waals surface area contributed by atoms with Gasteiger partial charge >= 0.3 is 5.97 Å². The van der Waals surface area contributed by atoms with Gasteiger partial charge in [-0.3, -0.25) is 4.79 Å². The summed E-state index contributed by atoms with van der Waals surface area (Å²) in [5, 5.41) is 19.1. The van der Waals surface area contributed by atoms with Gasteiger partial charge in [0.25, 0.3) is 0 Å². The minimum absolute atomic E-state index is 0.283. The van der Waals surface area contributed by atoms with Crippen molar-refractivity contribution in [3.63, 3.8) is 0 Å². The zero-order valence-electron chi connectivity index (χ0n) is 6.33. The first-order chi connectivity index (χ1) is 5.60. The summed E-state index contributed by atoms with van der Waals surface area (Å²) in [4.78, 5) is 21.3. The molecule has 1 saturated carbocycles. The molecule has 1 rings (SSSR count). The van der Waals surface area contributed by atoms with Crippen molar-refractivity contribution in [2.24, 2.45) is 0 Å². The van der Waals surface area contributed by atoms with Gasteiger partial charge in [-0.1, -0.05) is 0 Å². The lowest BCUT2D eigenvalue weighted by molar-refractivity contribution is -0.143. The van der Waals surface area contributed by atoms with Gasteiger partial charge in [-0.2, -0.15) is 5.26 Å². The third kappa shape index (κ3) is 1.53. The molecule has 0 bridgehead atoms. The van der Waals surface area contributed by atoms with E-state index in [0.717, 1.165) is 0 Å². The van der Waals surface area contributed by atoms with Crippen molar-refractivity contribution in [1.29, 1.82) is 5.26 Å². The second-order valence-corrected chi connectivity index (χ2v) is 2.77. The van der Waals surface area contributed by atoms with E-state index in [0.29, 0.717) is 12.8 Å². The summed E-state index contributed by atoms with van der Waals surface area (Å²) in [6, 6.07) is 1.65. The molecule has 5 heteroatoms. The van der Waals surface area contributed by atoms with Crippen LogP contribution in [0.4, 0.5) is 0 Å². The number of rotatable bonds is 3. The maximum absolute atomic E-state index is 10.8. The Balaban J connectivity index is 2.47. The van der Waals surface area contributed by atoms with Crippen molar-refractivity contribution in [3.05, 3.63) is 0 Å². The van der Waals surface area contributed by atoms with Gasteiger partial charge in [0.1, 0.15) is 12.0 Å². The molecule has 0 saturated heterocycles. The van der Waals surface area contributed by atoms with E-state index in [4.69, 9.17) is 10.4 Å². The van der Waals surface area contributed by atoms with E-state index in [2.05, 4.69) is 5.32 Å². The third-order valence-electron chi connectivity index (χ3n) is 1.78. The highest BCUT2D eigenvalue weighted by atomic mass is 16.4. The lowest BCUT2D eigenvalue weighted by Gasteiger charge is -2.09. The molecule has 1 amide bonds. The first-order valence-electron chi connectivity index (χ1n) is 3.52.